The first kappa shape index (κ1) is 22.3. The molecule has 1 aliphatic rings. The second-order valence-electron chi connectivity index (χ2n) is 6.30. The quantitative estimate of drug-likeness (QED) is 0.639. The molecule has 160 valence electrons. The minimum Gasteiger partial charge on any atom is -0.495 e. The maximum atomic E-state index is 12.7. The molecule has 2 amide bonds. The molecule has 0 atom stereocenters. The average Bonchev–Trinajstić information content (AvgIpc) is 2.72. The highest BCUT2D eigenvalue weighted by atomic mass is 35.5. The lowest BCUT2D eigenvalue weighted by atomic mass is 10.2. The van der Waals surface area contributed by atoms with Gasteiger partial charge in [0.2, 0.25) is 11.8 Å². The van der Waals surface area contributed by atoms with Crippen LogP contribution in [0.2, 0.25) is 5.02 Å². The maximum Gasteiger partial charge on any atom is 0.234 e. The van der Waals surface area contributed by atoms with E-state index in [4.69, 9.17) is 21.1 Å². The first-order valence-electron chi connectivity index (χ1n) is 8.74. The number of thioether (sulfide) groups is 1. The van der Waals surface area contributed by atoms with E-state index in [0.29, 0.717) is 22.9 Å². The highest BCUT2D eigenvalue weighted by Crippen LogP contribution is 2.36. The maximum absolute atomic E-state index is 12.7. The normalized spacial score (nSPS) is 13.2. The average molecular weight is 471 g/mol. The first-order valence-corrected chi connectivity index (χ1v) is 11.8. The molecular weight excluding hydrogens is 452 g/mol. The Morgan fingerprint density at radius 3 is 2.63 bits per heavy atom. The van der Waals surface area contributed by atoms with Crippen LogP contribution in [0, 0.1) is 0 Å². The molecule has 30 heavy (non-hydrogen) atoms. The van der Waals surface area contributed by atoms with Crippen LogP contribution in [0.1, 0.15) is 6.42 Å². The zero-order valence-electron chi connectivity index (χ0n) is 16.2. The Kier molecular flexibility index (Phi) is 6.79. The minimum absolute atomic E-state index is 0.0434. The van der Waals surface area contributed by atoms with Crippen molar-refractivity contribution in [2.75, 3.05) is 36.4 Å². The van der Waals surface area contributed by atoms with Crippen LogP contribution in [-0.4, -0.2) is 46.0 Å². The fourth-order valence-corrected chi connectivity index (χ4v) is 5.06. The lowest BCUT2D eigenvalue weighted by molar-refractivity contribution is -0.116. The molecule has 0 fully saturated rings. The molecule has 0 saturated heterocycles. The number of hydrogen-bond donors (Lipinski definition) is 2. The van der Waals surface area contributed by atoms with Crippen molar-refractivity contribution in [3.8, 4) is 11.5 Å². The minimum atomic E-state index is -3.73. The number of halogens is 1. The van der Waals surface area contributed by atoms with Crippen LogP contribution < -0.4 is 20.1 Å². The van der Waals surface area contributed by atoms with E-state index < -0.39 is 21.5 Å². The molecule has 8 nitrogen and oxygen atoms in total. The van der Waals surface area contributed by atoms with E-state index >= 15 is 0 Å². The molecule has 0 aliphatic carbocycles. The van der Waals surface area contributed by atoms with E-state index in [9.17, 15) is 18.0 Å². The number of nitrogens with one attached hydrogen (secondary N) is 2. The molecule has 3 rings (SSSR count). The summed E-state index contributed by atoms with van der Waals surface area (Å²) >= 11 is 7.42. The van der Waals surface area contributed by atoms with E-state index in [1.54, 1.807) is 6.07 Å². The number of carbonyl (C=O) groups is 2. The Morgan fingerprint density at radius 2 is 1.93 bits per heavy atom. The number of rotatable bonds is 7. The first-order chi connectivity index (χ1) is 14.2. The van der Waals surface area contributed by atoms with Crippen LogP contribution in [0.25, 0.3) is 0 Å². The van der Waals surface area contributed by atoms with E-state index in [-0.39, 0.29) is 28.0 Å². The summed E-state index contributed by atoms with van der Waals surface area (Å²) in [6.07, 6.45) is -0.271. The van der Waals surface area contributed by atoms with Gasteiger partial charge in [-0.25, -0.2) is 8.42 Å². The standard InChI is InChI=1S/C19H19ClN2O6S2/c1-27-15-9-16(28-2)13(8-12(15)20)21-18(23)5-6-30(25,26)11-3-4-17-14(7-11)22-19(24)10-29-17/h3-4,7-9H,5-6,10H2,1-2H3,(H,21,23)(H,22,24). The third-order valence-electron chi connectivity index (χ3n) is 4.29. The molecular formula is C19H19ClN2O6S2. The number of fused-ring (bicyclic) bond motifs is 1. The molecule has 0 bridgehead atoms. The Balaban J connectivity index is 1.69. The highest BCUT2D eigenvalue weighted by Gasteiger charge is 2.22. The molecule has 0 spiro atoms. The van der Waals surface area contributed by atoms with Gasteiger partial charge in [0.1, 0.15) is 11.5 Å². The molecule has 0 radical (unpaired) electrons. The number of sulfone groups is 1. The molecule has 2 aromatic rings. The number of hydrogen-bond acceptors (Lipinski definition) is 7. The van der Waals surface area contributed by atoms with Crippen molar-refractivity contribution in [1.29, 1.82) is 0 Å². The van der Waals surface area contributed by atoms with Crippen LogP contribution in [0.3, 0.4) is 0 Å². The summed E-state index contributed by atoms with van der Waals surface area (Å²) in [5.41, 5.74) is 0.763. The molecule has 2 N–H and O–H groups in total. The number of anilines is 2. The van der Waals surface area contributed by atoms with Crippen LogP contribution in [0.4, 0.5) is 11.4 Å². The largest absolute Gasteiger partial charge is 0.495 e. The molecule has 1 aliphatic heterocycles. The van der Waals surface area contributed by atoms with E-state index in [2.05, 4.69) is 10.6 Å². The zero-order valence-corrected chi connectivity index (χ0v) is 18.5. The summed E-state index contributed by atoms with van der Waals surface area (Å²) in [4.78, 5) is 24.7. The van der Waals surface area contributed by atoms with Crippen LogP contribution in [-0.2, 0) is 19.4 Å². The number of carbonyl (C=O) groups excluding carboxylic acids is 2. The second kappa shape index (κ2) is 9.15. The Labute approximate surface area is 183 Å². The SMILES string of the molecule is COc1cc(OC)c(NC(=O)CCS(=O)(=O)c2ccc3c(c2)NC(=O)CS3)cc1Cl. The molecule has 0 aromatic heterocycles. The topological polar surface area (TPSA) is 111 Å². The van der Waals surface area contributed by atoms with Gasteiger partial charge in [-0.3, -0.25) is 9.59 Å². The van der Waals surface area contributed by atoms with Crippen molar-refractivity contribution in [2.45, 2.75) is 16.2 Å². The van der Waals surface area contributed by atoms with Gasteiger partial charge in [-0.05, 0) is 24.3 Å². The van der Waals surface area contributed by atoms with Crippen molar-refractivity contribution in [1.82, 2.24) is 0 Å². The fraction of sp³-hybridized carbons (Fsp3) is 0.263. The van der Waals surface area contributed by atoms with Crippen LogP contribution in [0.15, 0.2) is 40.1 Å². The van der Waals surface area contributed by atoms with Gasteiger partial charge in [-0.15, -0.1) is 11.8 Å². The van der Waals surface area contributed by atoms with Gasteiger partial charge in [0.05, 0.1) is 47.0 Å². The van der Waals surface area contributed by atoms with Gasteiger partial charge < -0.3 is 20.1 Å². The lowest BCUT2D eigenvalue weighted by Crippen LogP contribution is -2.20. The molecule has 2 aromatic carbocycles. The summed E-state index contributed by atoms with van der Waals surface area (Å²) in [7, 11) is -0.852. The molecule has 0 saturated carbocycles. The molecule has 1 heterocycles. The van der Waals surface area contributed by atoms with Crippen molar-refractivity contribution in [2.24, 2.45) is 0 Å². The summed E-state index contributed by atoms with van der Waals surface area (Å²) < 4.78 is 35.6. The van der Waals surface area contributed by atoms with Crippen molar-refractivity contribution >= 4 is 56.4 Å². The summed E-state index contributed by atoms with van der Waals surface area (Å²) in [6, 6.07) is 7.53. The van der Waals surface area contributed by atoms with Gasteiger partial charge in [0.25, 0.3) is 0 Å². The van der Waals surface area contributed by atoms with E-state index in [1.807, 2.05) is 0 Å². The van der Waals surface area contributed by atoms with Gasteiger partial charge >= 0.3 is 0 Å². The number of ether oxygens (including phenoxy) is 2. The number of benzene rings is 2. The van der Waals surface area contributed by atoms with Crippen molar-refractivity contribution < 1.29 is 27.5 Å². The van der Waals surface area contributed by atoms with Crippen molar-refractivity contribution in [3.63, 3.8) is 0 Å². The number of amides is 2. The molecule has 0 unspecified atom stereocenters. The third-order valence-corrected chi connectivity index (χ3v) is 7.37. The predicted octanol–water partition coefficient (Wildman–Crippen LogP) is 3.20. The Bertz CT molecular complexity index is 1100. The van der Waals surface area contributed by atoms with E-state index in [1.165, 1.54) is 50.2 Å². The number of methoxy groups -OCH3 is 2. The Hall–Kier alpha value is -2.43. The lowest BCUT2D eigenvalue weighted by Gasteiger charge is -2.17. The second-order valence-corrected chi connectivity index (χ2v) is 9.83. The molecule has 11 heteroatoms. The zero-order chi connectivity index (χ0) is 21.9. The van der Waals surface area contributed by atoms with Gasteiger partial charge in [0.15, 0.2) is 9.84 Å². The predicted molar refractivity (Wildman–Crippen MR) is 116 cm³/mol. The highest BCUT2D eigenvalue weighted by molar-refractivity contribution is 8.00. The van der Waals surface area contributed by atoms with Gasteiger partial charge in [0, 0.05) is 17.4 Å². The van der Waals surface area contributed by atoms with Crippen LogP contribution >= 0.6 is 23.4 Å². The van der Waals surface area contributed by atoms with Gasteiger partial charge in [-0.2, -0.15) is 0 Å². The fourth-order valence-electron chi connectivity index (χ4n) is 2.77. The summed E-state index contributed by atoms with van der Waals surface area (Å²) in [6.45, 7) is 0. The van der Waals surface area contributed by atoms with Crippen molar-refractivity contribution in [3.05, 3.63) is 35.4 Å². The monoisotopic (exact) mass is 470 g/mol. The summed E-state index contributed by atoms with van der Waals surface area (Å²) in [5.74, 6) is -0.0983. The van der Waals surface area contributed by atoms with Gasteiger partial charge in [-0.1, -0.05) is 11.6 Å². The summed E-state index contributed by atoms with van der Waals surface area (Å²) in [5, 5.41) is 5.54. The van der Waals surface area contributed by atoms with E-state index in [0.717, 1.165) is 4.90 Å². The van der Waals surface area contributed by atoms with Crippen LogP contribution in [0.5, 0.6) is 11.5 Å². The Morgan fingerprint density at radius 1 is 1.20 bits per heavy atom. The smallest absolute Gasteiger partial charge is 0.234 e. The third kappa shape index (κ3) is 5.00.